The molecule has 1 N–H and O–H groups in total. The summed E-state index contributed by atoms with van der Waals surface area (Å²) in [6, 6.07) is 0.421. The molecular weight excluding hydrogens is 254 g/mol. The van der Waals surface area contributed by atoms with E-state index in [9.17, 15) is 4.79 Å². The van der Waals surface area contributed by atoms with Gasteiger partial charge in [-0.2, -0.15) is 0 Å². The fourth-order valence-corrected chi connectivity index (χ4v) is 3.23. The molecule has 0 saturated carbocycles. The molecule has 2 aliphatic rings. The van der Waals surface area contributed by atoms with Crippen molar-refractivity contribution >= 4 is 6.03 Å². The maximum atomic E-state index is 12.3. The van der Waals surface area contributed by atoms with Crippen molar-refractivity contribution < 1.29 is 9.53 Å². The van der Waals surface area contributed by atoms with Crippen LogP contribution in [0, 0.1) is 0 Å². The van der Waals surface area contributed by atoms with E-state index in [1.54, 1.807) is 0 Å². The average molecular weight is 283 g/mol. The Morgan fingerprint density at radius 3 is 2.35 bits per heavy atom. The first-order valence-electron chi connectivity index (χ1n) is 8.01. The van der Waals surface area contributed by atoms with Crippen LogP contribution in [-0.2, 0) is 4.74 Å². The number of morpholine rings is 1. The Balaban J connectivity index is 1.75. The molecule has 0 aliphatic carbocycles. The normalized spacial score (nSPS) is 29.4. The Labute approximate surface area is 122 Å². The van der Waals surface area contributed by atoms with Gasteiger partial charge in [-0.3, -0.25) is 0 Å². The second-order valence-electron chi connectivity index (χ2n) is 6.23. The summed E-state index contributed by atoms with van der Waals surface area (Å²) in [6.07, 6.45) is 3.62. The quantitative estimate of drug-likeness (QED) is 0.857. The van der Waals surface area contributed by atoms with Gasteiger partial charge < -0.3 is 19.9 Å². The zero-order valence-corrected chi connectivity index (χ0v) is 13.1. The van der Waals surface area contributed by atoms with Crippen molar-refractivity contribution in [3.05, 3.63) is 0 Å². The van der Waals surface area contributed by atoms with Crippen LogP contribution in [0.4, 0.5) is 4.79 Å². The third-order valence-corrected chi connectivity index (χ3v) is 4.16. The Kier molecular flexibility index (Phi) is 5.66. The molecule has 0 bridgehead atoms. The van der Waals surface area contributed by atoms with Gasteiger partial charge in [0.2, 0.25) is 0 Å². The molecule has 2 amide bonds. The summed E-state index contributed by atoms with van der Waals surface area (Å²) in [5.74, 6) is 0. The molecule has 0 aromatic rings. The van der Waals surface area contributed by atoms with Crippen molar-refractivity contribution in [3.63, 3.8) is 0 Å². The minimum Gasteiger partial charge on any atom is -0.372 e. The van der Waals surface area contributed by atoms with E-state index in [1.807, 2.05) is 18.7 Å². The van der Waals surface area contributed by atoms with Gasteiger partial charge in [0.1, 0.15) is 0 Å². The number of carbonyl (C=O) groups is 1. The minimum atomic E-state index is 0.0842. The van der Waals surface area contributed by atoms with E-state index in [-0.39, 0.29) is 18.2 Å². The standard InChI is InChI=1S/C15H29N3O2/c1-4-7-17-8-5-14(6-9-17)16-15(19)18-10-12(2)20-13(3)11-18/h12-14H,4-11H2,1-3H3,(H,16,19)/t12-,13-/m0/s1. The van der Waals surface area contributed by atoms with Crippen LogP contribution in [0.5, 0.6) is 0 Å². The summed E-state index contributed by atoms with van der Waals surface area (Å²) in [5, 5.41) is 3.20. The molecule has 5 heteroatoms. The van der Waals surface area contributed by atoms with Gasteiger partial charge in [-0.05, 0) is 39.7 Å². The van der Waals surface area contributed by atoms with E-state index in [0.29, 0.717) is 19.1 Å². The molecule has 116 valence electrons. The Bertz CT molecular complexity index is 306. The largest absolute Gasteiger partial charge is 0.372 e. The molecule has 2 rings (SSSR count). The lowest BCUT2D eigenvalue weighted by Gasteiger charge is -2.37. The second kappa shape index (κ2) is 7.27. The first-order chi connectivity index (χ1) is 9.58. The molecular formula is C15H29N3O2. The monoisotopic (exact) mass is 283 g/mol. The lowest BCUT2D eigenvalue weighted by molar-refractivity contribution is -0.0549. The highest BCUT2D eigenvalue weighted by molar-refractivity contribution is 5.74. The summed E-state index contributed by atoms with van der Waals surface area (Å²) < 4.78 is 5.67. The summed E-state index contributed by atoms with van der Waals surface area (Å²) in [4.78, 5) is 16.7. The van der Waals surface area contributed by atoms with E-state index in [0.717, 1.165) is 25.9 Å². The molecule has 20 heavy (non-hydrogen) atoms. The molecule has 5 nitrogen and oxygen atoms in total. The van der Waals surface area contributed by atoms with Gasteiger partial charge in [0.15, 0.2) is 0 Å². The number of nitrogens with one attached hydrogen (secondary N) is 1. The summed E-state index contributed by atoms with van der Waals surface area (Å²) in [6.45, 7) is 11.1. The van der Waals surface area contributed by atoms with E-state index >= 15 is 0 Å². The predicted molar refractivity (Wildman–Crippen MR) is 79.9 cm³/mol. The molecule has 2 atom stereocenters. The number of piperidine rings is 1. The number of hydrogen-bond acceptors (Lipinski definition) is 3. The van der Waals surface area contributed by atoms with Crippen LogP contribution in [-0.4, -0.2) is 66.8 Å². The fraction of sp³-hybridized carbons (Fsp3) is 0.933. The third-order valence-electron chi connectivity index (χ3n) is 4.16. The summed E-state index contributed by atoms with van der Waals surface area (Å²) >= 11 is 0. The molecule has 2 saturated heterocycles. The summed E-state index contributed by atoms with van der Waals surface area (Å²) in [5.41, 5.74) is 0. The number of hydrogen-bond donors (Lipinski definition) is 1. The van der Waals surface area contributed by atoms with Crippen molar-refractivity contribution in [1.29, 1.82) is 0 Å². The van der Waals surface area contributed by atoms with E-state index in [2.05, 4.69) is 17.1 Å². The third kappa shape index (κ3) is 4.35. The zero-order chi connectivity index (χ0) is 14.5. The topological polar surface area (TPSA) is 44.8 Å². The Hall–Kier alpha value is -0.810. The molecule has 2 aliphatic heterocycles. The van der Waals surface area contributed by atoms with Gasteiger partial charge in [0.05, 0.1) is 12.2 Å². The van der Waals surface area contributed by atoms with Crippen LogP contribution in [0.2, 0.25) is 0 Å². The Morgan fingerprint density at radius 2 is 1.80 bits per heavy atom. The zero-order valence-electron chi connectivity index (χ0n) is 13.1. The van der Waals surface area contributed by atoms with E-state index < -0.39 is 0 Å². The lowest BCUT2D eigenvalue weighted by Crippen LogP contribution is -2.54. The Morgan fingerprint density at radius 1 is 1.20 bits per heavy atom. The van der Waals surface area contributed by atoms with Gasteiger partial charge in [-0.1, -0.05) is 6.92 Å². The van der Waals surface area contributed by atoms with Crippen molar-refractivity contribution in [2.75, 3.05) is 32.7 Å². The minimum absolute atomic E-state index is 0.0842. The molecule has 0 radical (unpaired) electrons. The van der Waals surface area contributed by atoms with Crippen molar-refractivity contribution in [1.82, 2.24) is 15.1 Å². The number of likely N-dealkylation sites (tertiary alicyclic amines) is 1. The van der Waals surface area contributed by atoms with Crippen LogP contribution >= 0.6 is 0 Å². The number of amides is 2. The first kappa shape index (κ1) is 15.6. The van der Waals surface area contributed by atoms with Crippen LogP contribution in [0.15, 0.2) is 0 Å². The second-order valence-corrected chi connectivity index (χ2v) is 6.23. The van der Waals surface area contributed by atoms with Gasteiger partial charge in [0, 0.05) is 32.2 Å². The van der Waals surface area contributed by atoms with Crippen LogP contribution in [0.1, 0.15) is 40.0 Å². The van der Waals surface area contributed by atoms with Gasteiger partial charge in [-0.25, -0.2) is 4.79 Å². The van der Waals surface area contributed by atoms with Gasteiger partial charge in [-0.15, -0.1) is 0 Å². The fourth-order valence-electron chi connectivity index (χ4n) is 3.23. The average Bonchev–Trinajstić information content (AvgIpc) is 2.40. The number of urea groups is 1. The predicted octanol–water partition coefficient (Wildman–Crippen LogP) is 1.68. The maximum Gasteiger partial charge on any atom is 0.317 e. The van der Waals surface area contributed by atoms with Crippen molar-refractivity contribution in [2.24, 2.45) is 0 Å². The van der Waals surface area contributed by atoms with Gasteiger partial charge in [0.25, 0.3) is 0 Å². The highest BCUT2D eigenvalue weighted by atomic mass is 16.5. The van der Waals surface area contributed by atoms with E-state index in [1.165, 1.54) is 13.0 Å². The first-order valence-corrected chi connectivity index (χ1v) is 8.01. The number of nitrogens with zero attached hydrogens (tertiary/aromatic N) is 2. The SMILES string of the molecule is CCCN1CCC(NC(=O)N2C[C@H](C)O[C@@H](C)C2)CC1. The number of rotatable bonds is 3. The smallest absolute Gasteiger partial charge is 0.317 e. The summed E-state index contributed by atoms with van der Waals surface area (Å²) in [7, 11) is 0. The molecule has 0 spiro atoms. The highest BCUT2D eigenvalue weighted by Gasteiger charge is 2.28. The van der Waals surface area contributed by atoms with Crippen LogP contribution in [0.25, 0.3) is 0 Å². The van der Waals surface area contributed by atoms with Crippen LogP contribution < -0.4 is 5.32 Å². The molecule has 0 aromatic heterocycles. The highest BCUT2D eigenvalue weighted by Crippen LogP contribution is 2.14. The number of carbonyl (C=O) groups excluding carboxylic acids is 1. The van der Waals surface area contributed by atoms with Gasteiger partial charge >= 0.3 is 6.03 Å². The molecule has 0 aromatic carbocycles. The van der Waals surface area contributed by atoms with Crippen molar-refractivity contribution in [2.45, 2.75) is 58.3 Å². The van der Waals surface area contributed by atoms with E-state index in [4.69, 9.17) is 4.74 Å². The number of ether oxygens (including phenoxy) is 1. The van der Waals surface area contributed by atoms with Crippen molar-refractivity contribution in [3.8, 4) is 0 Å². The molecule has 2 heterocycles. The lowest BCUT2D eigenvalue weighted by atomic mass is 10.1. The maximum absolute atomic E-state index is 12.3. The van der Waals surface area contributed by atoms with Crippen LogP contribution in [0.3, 0.4) is 0 Å². The molecule has 2 fully saturated rings. The molecule has 0 unspecified atom stereocenters.